The molecule has 39 heavy (non-hydrogen) atoms. The maximum atomic E-state index is 13.3. The van der Waals surface area contributed by atoms with E-state index >= 15 is 0 Å². The molecule has 2 atom stereocenters. The fourth-order valence-electron chi connectivity index (χ4n) is 6.33. The molecule has 3 fully saturated rings. The molecule has 0 radical (unpaired) electrons. The summed E-state index contributed by atoms with van der Waals surface area (Å²) in [5.74, 6) is 1.77. The van der Waals surface area contributed by atoms with Crippen LogP contribution in [0.4, 0.5) is 19.0 Å². The van der Waals surface area contributed by atoms with E-state index < -0.39 is 11.7 Å². The standard InChI is InChI=1S/C27H29F3N8O/c28-27(29,30)19-1-2-23-32-14-21(38(23)16-19)25-31-6-3-24(35-25)37-8-7-36(22(17-37)18-12-33-34-13-18)15-20-11-26(20)4-9-39-10-5-26/h1-3,6,12-14,16,20,22H,4-5,7-11,15,17H2,(H,33,34)/t20-,22-/m0/s1. The normalized spacial score (nSPS) is 23.5. The molecule has 9 nitrogen and oxygen atoms in total. The number of aromatic amines is 1. The summed E-state index contributed by atoms with van der Waals surface area (Å²) >= 11 is 0. The van der Waals surface area contributed by atoms with Crippen LogP contribution in [-0.4, -0.2) is 73.8 Å². The van der Waals surface area contributed by atoms with Gasteiger partial charge in [-0.15, -0.1) is 0 Å². The van der Waals surface area contributed by atoms with Crippen LogP contribution in [0.2, 0.25) is 0 Å². The molecule has 0 bridgehead atoms. The predicted molar refractivity (Wildman–Crippen MR) is 137 cm³/mol. The van der Waals surface area contributed by atoms with Crippen molar-refractivity contribution in [2.75, 3.05) is 44.3 Å². The number of piperazine rings is 1. The van der Waals surface area contributed by atoms with E-state index in [0.717, 1.165) is 75.9 Å². The summed E-state index contributed by atoms with van der Waals surface area (Å²) in [6, 6.07) is 4.39. The lowest BCUT2D eigenvalue weighted by molar-refractivity contribution is -0.137. The van der Waals surface area contributed by atoms with Crippen LogP contribution in [0, 0.1) is 11.3 Å². The first-order chi connectivity index (χ1) is 18.9. The highest BCUT2D eigenvalue weighted by molar-refractivity contribution is 5.59. The molecule has 3 aliphatic rings. The number of rotatable bonds is 5. The third kappa shape index (κ3) is 4.55. The molecule has 0 unspecified atom stereocenters. The van der Waals surface area contributed by atoms with Gasteiger partial charge in [-0.25, -0.2) is 15.0 Å². The Morgan fingerprint density at radius 1 is 1.08 bits per heavy atom. The number of alkyl halides is 3. The molecule has 6 heterocycles. The zero-order valence-electron chi connectivity index (χ0n) is 21.3. The molecule has 7 rings (SSSR count). The predicted octanol–water partition coefficient (Wildman–Crippen LogP) is 4.21. The summed E-state index contributed by atoms with van der Waals surface area (Å²) in [7, 11) is 0. The van der Waals surface area contributed by atoms with E-state index in [2.05, 4.69) is 30.0 Å². The van der Waals surface area contributed by atoms with Crippen LogP contribution in [-0.2, 0) is 10.9 Å². The van der Waals surface area contributed by atoms with Crippen molar-refractivity contribution in [3.8, 4) is 11.5 Å². The van der Waals surface area contributed by atoms with E-state index in [-0.39, 0.29) is 6.04 Å². The lowest BCUT2D eigenvalue weighted by atomic mass is 9.93. The summed E-state index contributed by atoms with van der Waals surface area (Å²) in [4.78, 5) is 18.2. The van der Waals surface area contributed by atoms with Gasteiger partial charge in [-0.1, -0.05) is 0 Å². The molecule has 1 N–H and O–H groups in total. The number of pyridine rings is 1. The van der Waals surface area contributed by atoms with Gasteiger partial charge in [-0.3, -0.25) is 14.4 Å². The highest BCUT2D eigenvalue weighted by atomic mass is 19.4. The largest absolute Gasteiger partial charge is 0.417 e. The molecule has 4 aromatic heterocycles. The van der Waals surface area contributed by atoms with Gasteiger partial charge in [-0.05, 0) is 48.8 Å². The van der Waals surface area contributed by atoms with Crippen LogP contribution in [0.25, 0.3) is 17.2 Å². The molecule has 1 spiro atoms. The number of hydrogen-bond acceptors (Lipinski definition) is 7. The number of H-pyrrole nitrogens is 1. The fraction of sp³-hybridized carbons (Fsp3) is 0.481. The average Bonchev–Trinajstić information content (AvgIpc) is 3.33. The SMILES string of the molecule is FC(F)(F)c1ccc2ncc(-c3nccc(N4CCN(C[C@@H]5CC56CCOCC6)[C@H](c5cn[nH]c5)C4)n3)n2c1. The van der Waals surface area contributed by atoms with E-state index in [1.807, 2.05) is 18.5 Å². The molecule has 0 aromatic carbocycles. The maximum absolute atomic E-state index is 13.3. The number of nitrogens with zero attached hydrogens (tertiary/aromatic N) is 7. The second-order valence-corrected chi connectivity index (χ2v) is 10.9. The van der Waals surface area contributed by atoms with Crippen LogP contribution >= 0.6 is 0 Å². The fourth-order valence-corrected chi connectivity index (χ4v) is 6.33. The topological polar surface area (TPSA) is 87.5 Å². The number of nitrogens with one attached hydrogen (secondary N) is 1. The molecule has 1 saturated carbocycles. The van der Waals surface area contributed by atoms with Gasteiger partial charge >= 0.3 is 6.18 Å². The second kappa shape index (κ2) is 9.30. The van der Waals surface area contributed by atoms with Gasteiger partial charge < -0.3 is 9.64 Å². The van der Waals surface area contributed by atoms with Gasteiger partial charge in [0.25, 0.3) is 0 Å². The van der Waals surface area contributed by atoms with Crippen LogP contribution < -0.4 is 4.90 Å². The van der Waals surface area contributed by atoms with Crippen LogP contribution in [0.1, 0.15) is 36.4 Å². The molecule has 204 valence electrons. The first kappa shape index (κ1) is 24.5. The summed E-state index contributed by atoms with van der Waals surface area (Å²) < 4.78 is 47.0. The number of halogens is 3. The highest BCUT2D eigenvalue weighted by Crippen LogP contribution is 2.59. The first-order valence-corrected chi connectivity index (χ1v) is 13.3. The molecule has 2 saturated heterocycles. The zero-order valence-corrected chi connectivity index (χ0v) is 21.3. The van der Waals surface area contributed by atoms with Crippen molar-refractivity contribution >= 4 is 11.5 Å². The summed E-state index contributed by atoms with van der Waals surface area (Å²) in [6.07, 6.45) is 7.21. The molecule has 0 amide bonds. The van der Waals surface area contributed by atoms with Crippen molar-refractivity contribution in [2.45, 2.75) is 31.5 Å². The van der Waals surface area contributed by atoms with Crippen molar-refractivity contribution in [2.24, 2.45) is 11.3 Å². The lowest BCUT2D eigenvalue weighted by Crippen LogP contribution is -2.49. The lowest BCUT2D eigenvalue weighted by Gasteiger charge is -2.42. The minimum absolute atomic E-state index is 0.151. The van der Waals surface area contributed by atoms with Crippen molar-refractivity contribution in [1.82, 2.24) is 34.4 Å². The Morgan fingerprint density at radius 3 is 2.74 bits per heavy atom. The monoisotopic (exact) mass is 538 g/mol. The Morgan fingerprint density at radius 2 is 1.95 bits per heavy atom. The molecular formula is C27H29F3N8O. The molecule has 2 aliphatic heterocycles. The van der Waals surface area contributed by atoms with E-state index in [4.69, 9.17) is 9.72 Å². The minimum atomic E-state index is -4.45. The third-order valence-corrected chi connectivity index (χ3v) is 8.72. The van der Waals surface area contributed by atoms with Crippen molar-refractivity contribution in [3.05, 3.63) is 60.3 Å². The number of ether oxygens (including phenoxy) is 1. The highest BCUT2D eigenvalue weighted by Gasteiger charge is 2.54. The molecule has 1 aliphatic carbocycles. The van der Waals surface area contributed by atoms with Gasteiger partial charge in [0.1, 0.15) is 17.2 Å². The Bertz CT molecular complexity index is 1460. The van der Waals surface area contributed by atoms with Crippen molar-refractivity contribution in [3.63, 3.8) is 0 Å². The third-order valence-electron chi connectivity index (χ3n) is 8.72. The van der Waals surface area contributed by atoms with Crippen molar-refractivity contribution in [1.29, 1.82) is 0 Å². The van der Waals surface area contributed by atoms with Gasteiger partial charge in [0, 0.05) is 63.5 Å². The van der Waals surface area contributed by atoms with Gasteiger partial charge in [0.05, 0.1) is 24.0 Å². The van der Waals surface area contributed by atoms with Gasteiger partial charge in [0.15, 0.2) is 5.82 Å². The average molecular weight is 539 g/mol. The first-order valence-electron chi connectivity index (χ1n) is 13.3. The van der Waals surface area contributed by atoms with Gasteiger partial charge in [0.2, 0.25) is 0 Å². The number of fused-ring (bicyclic) bond motifs is 1. The molecule has 12 heteroatoms. The van der Waals surface area contributed by atoms with Crippen molar-refractivity contribution < 1.29 is 17.9 Å². The number of hydrogen-bond donors (Lipinski definition) is 1. The van der Waals surface area contributed by atoms with Crippen LogP contribution in [0.3, 0.4) is 0 Å². The molecular weight excluding hydrogens is 509 g/mol. The summed E-state index contributed by atoms with van der Waals surface area (Å²) in [5, 5.41) is 7.17. The number of anilines is 1. The zero-order chi connectivity index (χ0) is 26.6. The second-order valence-electron chi connectivity index (χ2n) is 10.9. The van der Waals surface area contributed by atoms with Crippen LogP contribution in [0.5, 0.6) is 0 Å². The molecule has 4 aromatic rings. The Labute approximate surface area is 223 Å². The minimum Gasteiger partial charge on any atom is -0.381 e. The summed E-state index contributed by atoms with van der Waals surface area (Å²) in [5.41, 5.74) is 1.67. The van der Waals surface area contributed by atoms with E-state index in [9.17, 15) is 13.2 Å². The summed E-state index contributed by atoms with van der Waals surface area (Å²) in [6.45, 7) is 5.19. The Balaban J connectivity index is 1.14. The quantitative estimate of drug-likeness (QED) is 0.407. The van der Waals surface area contributed by atoms with Gasteiger partial charge in [-0.2, -0.15) is 18.3 Å². The van der Waals surface area contributed by atoms with E-state index in [1.54, 1.807) is 6.20 Å². The Kier molecular flexibility index (Phi) is 5.85. The smallest absolute Gasteiger partial charge is 0.381 e. The number of imidazole rings is 1. The Hall–Kier alpha value is -3.51. The van der Waals surface area contributed by atoms with E-state index in [0.29, 0.717) is 28.5 Å². The van der Waals surface area contributed by atoms with E-state index in [1.165, 1.54) is 23.1 Å². The maximum Gasteiger partial charge on any atom is 0.417 e. The number of aromatic nitrogens is 6. The van der Waals surface area contributed by atoms with Crippen LogP contribution in [0.15, 0.2) is 49.2 Å².